The molecule has 3 N–H and O–H groups in total. The Balaban J connectivity index is 2.47. The van der Waals surface area contributed by atoms with E-state index >= 15 is 0 Å². The molecule has 0 unspecified atom stereocenters. The average molecular weight is 261 g/mol. The zero-order chi connectivity index (χ0) is 13.3. The average Bonchev–Trinajstić information content (AvgIpc) is 2.75. The van der Waals surface area contributed by atoms with Gasteiger partial charge in [0.2, 0.25) is 0 Å². The summed E-state index contributed by atoms with van der Waals surface area (Å²) >= 11 is 0. The van der Waals surface area contributed by atoms with Crippen LogP contribution in [0.15, 0.2) is 24.3 Å². The van der Waals surface area contributed by atoms with Gasteiger partial charge in [-0.05, 0) is 6.07 Å². The molecule has 3 atom stereocenters. The summed E-state index contributed by atoms with van der Waals surface area (Å²) in [4.78, 5) is 0. The molecule has 0 aromatic heterocycles. The van der Waals surface area contributed by atoms with Crippen LogP contribution in [0.5, 0.6) is 0 Å². The van der Waals surface area contributed by atoms with Crippen molar-refractivity contribution in [3.8, 4) is 0 Å². The third-order valence-electron chi connectivity index (χ3n) is 3.37. The number of hydrogen-bond acceptors (Lipinski definition) is 3. The van der Waals surface area contributed by atoms with E-state index in [1.807, 2.05) is 0 Å². The Bertz CT molecular complexity index is 430. The Morgan fingerprint density at radius 1 is 1.33 bits per heavy atom. The van der Waals surface area contributed by atoms with Crippen LogP contribution in [-0.2, 0) is 10.3 Å². The number of hydrogen-bond donors (Lipinski definition) is 2. The molecular formula is C12H14F3NO2. The quantitative estimate of drug-likeness (QED) is 0.861. The number of nitrogens with two attached hydrogens (primary N) is 1. The molecule has 18 heavy (non-hydrogen) atoms. The first-order valence-electron chi connectivity index (χ1n) is 5.55. The van der Waals surface area contributed by atoms with Crippen molar-refractivity contribution in [3.63, 3.8) is 0 Å². The molecule has 1 heterocycles. The molecule has 1 fully saturated rings. The lowest BCUT2D eigenvalue weighted by Crippen LogP contribution is -2.54. The summed E-state index contributed by atoms with van der Waals surface area (Å²) in [5.41, 5.74) is 3.18. The number of aliphatic hydroxyl groups excluding tert-OH is 1. The molecule has 2 rings (SSSR count). The van der Waals surface area contributed by atoms with Crippen LogP contribution >= 0.6 is 0 Å². The first-order valence-corrected chi connectivity index (χ1v) is 5.55. The predicted molar refractivity (Wildman–Crippen MR) is 58.6 cm³/mol. The van der Waals surface area contributed by atoms with Crippen molar-refractivity contribution in [1.29, 1.82) is 0 Å². The van der Waals surface area contributed by atoms with Crippen LogP contribution in [0.25, 0.3) is 0 Å². The summed E-state index contributed by atoms with van der Waals surface area (Å²) in [5, 5.41) is 9.66. The van der Waals surface area contributed by atoms with Crippen LogP contribution < -0.4 is 5.73 Å². The number of rotatable bonds is 3. The molecule has 0 amide bonds. The molecule has 6 heteroatoms. The molecule has 1 aliphatic heterocycles. The molecule has 1 aromatic rings. The molecule has 1 saturated heterocycles. The van der Waals surface area contributed by atoms with Gasteiger partial charge in [0.05, 0.1) is 19.3 Å². The van der Waals surface area contributed by atoms with E-state index in [4.69, 9.17) is 10.5 Å². The van der Waals surface area contributed by atoms with Gasteiger partial charge in [-0.1, -0.05) is 18.2 Å². The topological polar surface area (TPSA) is 55.5 Å². The van der Waals surface area contributed by atoms with Crippen LogP contribution in [0, 0.1) is 11.7 Å². The lowest BCUT2D eigenvalue weighted by molar-refractivity contribution is -0.0185. The maximum atomic E-state index is 13.7. The number of alkyl halides is 2. The second-order valence-electron chi connectivity index (χ2n) is 4.42. The third-order valence-corrected chi connectivity index (χ3v) is 3.37. The highest BCUT2D eigenvalue weighted by atomic mass is 19.3. The zero-order valence-electron chi connectivity index (χ0n) is 9.52. The van der Waals surface area contributed by atoms with E-state index in [9.17, 15) is 18.3 Å². The third kappa shape index (κ3) is 2.00. The summed E-state index contributed by atoms with van der Waals surface area (Å²) in [6, 6.07) is 5.12. The SMILES string of the molecule is N[C@](c1ccccc1F)(C(F)F)[C@H]1COC[C@H]1O. The lowest BCUT2D eigenvalue weighted by atomic mass is 9.77. The summed E-state index contributed by atoms with van der Waals surface area (Å²) < 4.78 is 45.3. The van der Waals surface area contributed by atoms with Gasteiger partial charge >= 0.3 is 0 Å². The summed E-state index contributed by atoms with van der Waals surface area (Å²) in [5.74, 6) is -1.84. The lowest BCUT2D eigenvalue weighted by Gasteiger charge is -2.36. The van der Waals surface area contributed by atoms with Crippen LogP contribution in [-0.4, -0.2) is 30.8 Å². The molecule has 0 aliphatic carbocycles. The molecule has 3 nitrogen and oxygen atoms in total. The van der Waals surface area contributed by atoms with Gasteiger partial charge in [-0.25, -0.2) is 13.2 Å². The minimum Gasteiger partial charge on any atom is -0.390 e. The number of ether oxygens (including phenoxy) is 1. The molecule has 0 radical (unpaired) electrons. The highest BCUT2D eigenvalue weighted by Crippen LogP contribution is 2.39. The van der Waals surface area contributed by atoms with Crippen molar-refractivity contribution >= 4 is 0 Å². The number of aliphatic hydroxyl groups is 1. The Morgan fingerprint density at radius 3 is 2.50 bits per heavy atom. The normalized spacial score (nSPS) is 27.4. The van der Waals surface area contributed by atoms with Gasteiger partial charge in [-0.2, -0.15) is 0 Å². The second kappa shape index (κ2) is 4.87. The fourth-order valence-corrected chi connectivity index (χ4v) is 2.29. The first-order chi connectivity index (χ1) is 8.48. The number of benzene rings is 1. The molecule has 1 aliphatic rings. The van der Waals surface area contributed by atoms with E-state index in [0.29, 0.717) is 0 Å². The standard InChI is InChI=1S/C12H14F3NO2/c13-9-4-2-1-3-7(9)12(16,11(14)15)8-5-18-6-10(8)17/h1-4,8,10-11,17H,5-6,16H2/t8-,10+,12-/m0/s1. The summed E-state index contributed by atoms with van der Waals surface area (Å²) in [6.07, 6.45) is -4.13. The smallest absolute Gasteiger partial charge is 0.260 e. The fraction of sp³-hybridized carbons (Fsp3) is 0.500. The Labute approximate surface area is 102 Å². The van der Waals surface area contributed by atoms with Gasteiger partial charge < -0.3 is 15.6 Å². The van der Waals surface area contributed by atoms with Gasteiger partial charge in [0.1, 0.15) is 11.4 Å². The summed E-state index contributed by atoms with van der Waals surface area (Å²) in [7, 11) is 0. The van der Waals surface area contributed by atoms with Gasteiger partial charge in [-0.3, -0.25) is 0 Å². The van der Waals surface area contributed by atoms with Crippen LogP contribution in [0.4, 0.5) is 13.2 Å². The van der Waals surface area contributed by atoms with Crippen molar-refractivity contribution in [3.05, 3.63) is 35.6 Å². The minimum atomic E-state index is -3.00. The van der Waals surface area contributed by atoms with Crippen molar-refractivity contribution in [2.75, 3.05) is 13.2 Å². The van der Waals surface area contributed by atoms with Gasteiger partial charge in [0, 0.05) is 11.5 Å². The molecule has 0 saturated carbocycles. The Kier molecular flexibility index (Phi) is 3.61. The second-order valence-corrected chi connectivity index (χ2v) is 4.42. The Hall–Kier alpha value is -1.11. The Morgan fingerprint density at radius 2 is 2.00 bits per heavy atom. The monoisotopic (exact) mass is 261 g/mol. The van der Waals surface area contributed by atoms with Crippen LogP contribution in [0.3, 0.4) is 0 Å². The zero-order valence-corrected chi connectivity index (χ0v) is 9.52. The summed E-state index contributed by atoms with van der Waals surface area (Å²) in [6.45, 7) is -0.179. The van der Waals surface area contributed by atoms with E-state index in [2.05, 4.69) is 0 Å². The highest BCUT2D eigenvalue weighted by molar-refractivity contribution is 5.28. The molecule has 0 spiro atoms. The maximum Gasteiger partial charge on any atom is 0.260 e. The highest BCUT2D eigenvalue weighted by Gasteiger charge is 2.51. The van der Waals surface area contributed by atoms with Crippen molar-refractivity contribution in [1.82, 2.24) is 0 Å². The predicted octanol–water partition coefficient (Wildman–Crippen LogP) is 1.25. The molecule has 0 bridgehead atoms. The van der Waals surface area contributed by atoms with Crippen molar-refractivity contribution in [2.24, 2.45) is 11.7 Å². The van der Waals surface area contributed by atoms with E-state index < -0.39 is 29.8 Å². The van der Waals surface area contributed by atoms with E-state index in [1.165, 1.54) is 18.2 Å². The van der Waals surface area contributed by atoms with E-state index in [1.54, 1.807) is 0 Å². The fourth-order valence-electron chi connectivity index (χ4n) is 2.29. The largest absolute Gasteiger partial charge is 0.390 e. The van der Waals surface area contributed by atoms with Gasteiger partial charge in [0.15, 0.2) is 0 Å². The molecule has 100 valence electrons. The van der Waals surface area contributed by atoms with Crippen LogP contribution in [0.2, 0.25) is 0 Å². The maximum absolute atomic E-state index is 13.7. The number of halogens is 3. The van der Waals surface area contributed by atoms with Crippen LogP contribution in [0.1, 0.15) is 5.56 Å². The molecule has 1 aromatic carbocycles. The first kappa shape index (κ1) is 13.3. The van der Waals surface area contributed by atoms with Crippen molar-refractivity contribution < 1.29 is 23.0 Å². The van der Waals surface area contributed by atoms with E-state index in [-0.39, 0.29) is 18.8 Å². The minimum absolute atomic E-state index is 0.0647. The van der Waals surface area contributed by atoms with Gasteiger partial charge in [0.25, 0.3) is 6.43 Å². The van der Waals surface area contributed by atoms with E-state index in [0.717, 1.165) is 6.07 Å². The molecular weight excluding hydrogens is 247 g/mol. The van der Waals surface area contributed by atoms with Crippen molar-refractivity contribution in [2.45, 2.75) is 18.1 Å². The van der Waals surface area contributed by atoms with Gasteiger partial charge in [-0.15, -0.1) is 0 Å².